The first-order chi connectivity index (χ1) is 19.2. The van der Waals surface area contributed by atoms with Gasteiger partial charge in [-0.05, 0) is 131 Å². The predicted molar refractivity (Wildman–Crippen MR) is 158 cm³/mol. The summed E-state index contributed by atoms with van der Waals surface area (Å²) in [4.78, 5) is 14.7. The fraction of sp³-hybridized carbons (Fsp3) is 0.971. The van der Waals surface area contributed by atoms with Crippen molar-refractivity contribution < 1.29 is 24.1 Å². The highest BCUT2D eigenvalue weighted by molar-refractivity contribution is 5.68. The van der Waals surface area contributed by atoms with Gasteiger partial charge >= 0.3 is 6.09 Å². The monoisotopic (exact) mass is 571 g/mol. The number of hydrogen-bond donors (Lipinski definition) is 1. The van der Waals surface area contributed by atoms with E-state index in [0.29, 0.717) is 34.7 Å². The molecule has 0 aromatic rings. The molecule has 1 N–H and O–H groups in total. The van der Waals surface area contributed by atoms with Crippen LogP contribution in [-0.4, -0.2) is 65.8 Å². The first-order valence-electron chi connectivity index (χ1n) is 17.2. The minimum atomic E-state index is -0.912. The van der Waals surface area contributed by atoms with Crippen LogP contribution in [0.15, 0.2) is 0 Å². The van der Waals surface area contributed by atoms with Gasteiger partial charge in [-0.15, -0.1) is 0 Å². The predicted octanol–water partition coefficient (Wildman–Crippen LogP) is 6.97. The van der Waals surface area contributed by atoms with Crippen molar-refractivity contribution in [2.45, 2.75) is 149 Å². The number of carbonyl (C=O) groups is 1. The zero-order valence-electron chi connectivity index (χ0n) is 27.0. The zero-order valence-corrected chi connectivity index (χ0v) is 27.0. The summed E-state index contributed by atoms with van der Waals surface area (Å²) in [6.07, 6.45) is 13.3. The highest BCUT2D eigenvalue weighted by atomic mass is 16.6. The van der Waals surface area contributed by atoms with Crippen molar-refractivity contribution in [1.29, 1.82) is 0 Å². The van der Waals surface area contributed by atoms with Crippen molar-refractivity contribution >= 4 is 6.09 Å². The van der Waals surface area contributed by atoms with Gasteiger partial charge in [0.05, 0.1) is 17.8 Å². The second kappa shape index (κ2) is 9.10. The lowest BCUT2D eigenvalue weighted by molar-refractivity contribution is -0.194. The summed E-state index contributed by atoms with van der Waals surface area (Å²) in [6.45, 7) is 18.2. The average molecular weight is 572 g/mol. The lowest BCUT2D eigenvalue weighted by atomic mass is 9.42. The fourth-order valence-corrected chi connectivity index (χ4v) is 12.8. The van der Waals surface area contributed by atoms with Crippen LogP contribution >= 0.6 is 0 Å². The Bertz CT molecular complexity index is 1070. The molecule has 2 spiro atoms. The van der Waals surface area contributed by atoms with Crippen molar-refractivity contribution in [3.63, 3.8) is 0 Å². The van der Waals surface area contributed by atoms with Gasteiger partial charge in [0.1, 0.15) is 12.2 Å². The molecule has 1 unspecified atom stereocenters. The number of rotatable bonds is 5. The van der Waals surface area contributed by atoms with E-state index >= 15 is 0 Å². The summed E-state index contributed by atoms with van der Waals surface area (Å²) in [5, 5.41) is 10.9. The van der Waals surface area contributed by atoms with Crippen LogP contribution in [0.25, 0.3) is 0 Å². The second-order valence-corrected chi connectivity index (χ2v) is 17.2. The van der Waals surface area contributed by atoms with Crippen molar-refractivity contribution in [2.24, 2.45) is 44.8 Å². The Morgan fingerprint density at radius 2 is 1.68 bits per heavy atom. The van der Waals surface area contributed by atoms with E-state index in [-0.39, 0.29) is 41.3 Å². The van der Waals surface area contributed by atoms with Gasteiger partial charge in [0.15, 0.2) is 0 Å². The van der Waals surface area contributed by atoms with E-state index in [2.05, 4.69) is 27.7 Å². The van der Waals surface area contributed by atoms with E-state index in [0.717, 1.165) is 44.7 Å². The Morgan fingerprint density at radius 3 is 2.34 bits per heavy atom. The van der Waals surface area contributed by atoms with Gasteiger partial charge in [-0.1, -0.05) is 27.7 Å². The minimum Gasteiger partial charge on any atom is -0.446 e. The maximum absolute atomic E-state index is 12.8. The third-order valence-corrected chi connectivity index (χ3v) is 15.1. The lowest BCUT2D eigenvalue weighted by Crippen LogP contribution is -2.58. The molecule has 0 bridgehead atoms. The van der Waals surface area contributed by atoms with Gasteiger partial charge in [0, 0.05) is 25.1 Å². The van der Waals surface area contributed by atoms with Gasteiger partial charge in [0.2, 0.25) is 0 Å². The largest absolute Gasteiger partial charge is 0.446 e. The Morgan fingerprint density at radius 1 is 0.976 bits per heavy atom. The minimum absolute atomic E-state index is 0.0281. The lowest BCUT2D eigenvalue weighted by Gasteiger charge is -2.63. The van der Waals surface area contributed by atoms with E-state index in [1.54, 1.807) is 0 Å². The summed E-state index contributed by atoms with van der Waals surface area (Å²) in [7, 11) is 0. The quantitative estimate of drug-likeness (QED) is 0.386. The number of aliphatic hydroxyl groups is 1. The first kappa shape index (κ1) is 28.9. The highest BCUT2D eigenvalue weighted by Gasteiger charge is 2.83. The molecule has 11 atom stereocenters. The zero-order chi connectivity index (χ0) is 29.2. The second-order valence-electron chi connectivity index (χ2n) is 17.2. The molecule has 6 heteroatoms. The van der Waals surface area contributed by atoms with Gasteiger partial charge in [0.25, 0.3) is 0 Å². The molecule has 5 saturated carbocycles. The summed E-state index contributed by atoms with van der Waals surface area (Å²) in [5.41, 5.74) is 0.601. The van der Waals surface area contributed by atoms with Crippen molar-refractivity contribution in [1.82, 2.24) is 4.90 Å². The summed E-state index contributed by atoms with van der Waals surface area (Å²) in [6, 6.07) is 0. The standard InChI is InChI=1S/C35H57NO5/c1-8-39-28(31(4,5)38)23-11-10-22-24(40-23)20-33(7)26-13-12-25-30(2,3)27(41-29(37)36-18-9-19-36)14-15-34(25)21-35(26,34)17-16-32(22,33)6/h22-28,38H,8-21H2,1-7H3/t22-,23+,24+,25-,26?,27-,28-,32+,33-,34+,35-/m0/s1. The molecule has 2 aliphatic heterocycles. The molecule has 2 heterocycles. The highest BCUT2D eigenvalue weighted by Crippen LogP contribution is 2.89. The number of hydrogen-bond acceptors (Lipinski definition) is 5. The van der Waals surface area contributed by atoms with Crippen LogP contribution in [0.4, 0.5) is 4.79 Å². The number of nitrogens with zero attached hydrogens (tertiary/aromatic N) is 1. The smallest absolute Gasteiger partial charge is 0.410 e. The van der Waals surface area contributed by atoms with Crippen LogP contribution in [0.2, 0.25) is 0 Å². The van der Waals surface area contributed by atoms with E-state index in [1.807, 2.05) is 25.7 Å². The van der Waals surface area contributed by atoms with Gasteiger partial charge in [-0.2, -0.15) is 0 Å². The maximum Gasteiger partial charge on any atom is 0.410 e. The third kappa shape index (κ3) is 3.74. The topological polar surface area (TPSA) is 68.2 Å². The molecule has 7 fully saturated rings. The number of likely N-dealkylation sites (tertiary alicyclic amines) is 1. The van der Waals surface area contributed by atoms with Crippen LogP contribution in [0.5, 0.6) is 0 Å². The van der Waals surface area contributed by atoms with Crippen LogP contribution in [0, 0.1) is 44.8 Å². The Kier molecular flexibility index (Phi) is 6.41. The van der Waals surface area contributed by atoms with Crippen molar-refractivity contribution in [3.05, 3.63) is 0 Å². The molecule has 2 saturated heterocycles. The number of carbonyl (C=O) groups excluding carboxylic acids is 1. The van der Waals surface area contributed by atoms with E-state index in [9.17, 15) is 9.90 Å². The van der Waals surface area contributed by atoms with E-state index in [4.69, 9.17) is 14.2 Å². The van der Waals surface area contributed by atoms with Crippen molar-refractivity contribution in [2.75, 3.05) is 19.7 Å². The molecular weight excluding hydrogens is 514 g/mol. The molecule has 5 aliphatic carbocycles. The van der Waals surface area contributed by atoms with Gasteiger partial charge in [-0.3, -0.25) is 0 Å². The molecule has 41 heavy (non-hydrogen) atoms. The molecule has 0 radical (unpaired) electrons. The average Bonchev–Trinajstić information content (AvgIpc) is 3.46. The normalized spacial score (nSPS) is 50.3. The summed E-state index contributed by atoms with van der Waals surface area (Å²) >= 11 is 0. The molecule has 7 aliphatic rings. The third-order valence-electron chi connectivity index (χ3n) is 15.1. The number of amides is 1. The fourth-order valence-electron chi connectivity index (χ4n) is 12.8. The molecule has 0 aromatic heterocycles. The Hall–Kier alpha value is -0.850. The summed E-state index contributed by atoms with van der Waals surface area (Å²) < 4.78 is 19.3. The molecule has 6 nitrogen and oxygen atoms in total. The molecule has 232 valence electrons. The SMILES string of the molecule is CCO[C@@H]([C@H]1CC[C@H]2[C@@H](C[C@@]3(C)C4CC[C@H]5C(C)(C)[C@@H](OC(=O)N6CCC6)CC[C@@]56C[C@@]46CC[C@]23C)O1)C(C)(C)O. The Labute approximate surface area is 248 Å². The van der Waals surface area contributed by atoms with Crippen LogP contribution in [-0.2, 0) is 14.2 Å². The Balaban J connectivity index is 1.12. The number of ether oxygens (including phenoxy) is 3. The van der Waals surface area contributed by atoms with Gasteiger partial charge < -0.3 is 24.2 Å². The number of fused-ring (bicyclic) bond motifs is 4. The molecule has 1 amide bonds. The molecule has 0 aromatic carbocycles. The molecular formula is C35H57NO5. The van der Waals surface area contributed by atoms with E-state index in [1.165, 1.54) is 44.9 Å². The maximum atomic E-state index is 12.8. The van der Waals surface area contributed by atoms with Crippen molar-refractivity contribution in [3.8, 4) is 0 Å². The van der Waals surface area contributed by atoms with E-state index < -0.39 is 5.60 Å². The van der Waals surface area contributed by atoms with Gasteiger partial charge in [-0.25, -0.2) is 4.79 Å². The van der Waals surface area contributed by atoms with Crippen LogP contribution in [0.1, 0.15) is 119 Å². The first-order valence-corrected chi connectivity index (χ1v) is 17.2. The molecule has 7 rings (SSSR count). The van der Waals surface area contributed by atoms with Crippen LogP contribution in [0.3, 0.4) is 0 Å². The summed E-state index contributed by atoms with van der Waals surface area (Å²) in [5.74, 6) is 2.00. The van der Waals surface area contributed by atoms with Crippen LogP contribution < -0.4 is 0 Å².